The van der Waals surface area contributed by atoms with Crippen LogP contribution in [0.5, 0.6) is 0 Å². The molecule has 10 heavy (non-hydrogen) atoms. The Kier molecular flexibility index (Phi) is 2.86. The van der Waals surface area contributed by atoms with Gasteiger partial charge in [-0.15, -0.1) is 0 Å². The predicted octanol–water partition coefficient (Wildman–Crippen LogP) is 0.854. The third-order valence-corrected chi connectivity index (χ3v) is 3.37. The van der Waals surface area contributed by atoms with Crippen LogP contribution in [0.4, 0.5) is 0 Å². The van der Waals surface area contributed by atoms with Gasteiger partial charge in [0.05, 0.1) is 4.75 Å². The molecule has 0 aliphatic carbocycles. The number of rotatable bonds is 3. The monoisotopic (exact) mass is 165 g/mol. The summed E-state index contributed by atoms with van der Waals surface area (Å²) in [6, 6.07) is 0. The van der Waals surface area contributed by atoms with Crippen molar-refractivity contribution in [2.24, 2.45) is 5.14 Å². The van der Waals surface area contributed by atoms with Gasteiger partial charge in [-0.05, 0) is 20.3 Å². The van der Waals surface area contributed by atoms with Crippen molar-refractivity contribution < 1.29 is 8.42 Å². The molecule has 0 saturated heterocycles. The minimum atomic E-state index is -3.36. The fourth-order valence-corrected chi connectivity index (χ4v) is 1.23. The van der Waals surface area contributed by atoms with Crippen LogP contribution in [0.25, 0.3) is 0 Å². The van der Waals surface area contributed by atoms with E-state index in [2.05, 4.69) is 0 Å². The van der Waals surface area contributed by atoms with Crippen molar-refractivity contribution in [3.05, 3.63) is 0 Å². The van der Waals surface area contributed by atoms with Crippen LogP contribution in [0.1, 0.15) is 33.6 Å². The standard InChI is InChI=1S/C6H15NO2S/c1-4-5-6(2,3)10(7,8)9/h4-5H2,1-3H3,(H2,7,8,9). The Morgan fingerprint density at radius 1 is 1.40 bits per heavy atom. The lowest BCUT2D eigenvalue weighted by atomic mass is 10.1. The van der Waals surface area contributed by atoms with E-state index in [4.69, 9.17) is 5.14 Å². The number of hydrogen-bond acceptors (Lipinski definition) is 2. The van der Waals surface area contributed by atoms with E-state index in [-0.39, 0.29) is 0 Å². The number of sulfonamides is 1. The summed E-state index contributed by atoms with van der Waals surface area (Å²) in [5.41, 5.74) is 0. The molecular weight excluding hydrogens is 150 g/mol. The highest BCUT2D eigenvalue weighted by Crippen LogP contribution is 2.18. The average molecular weight is 165 g/mol. The molecule has 0 amide bonds. The van der Waals surface area contributed by atoms with Gasteiger partial charge in [-0.3, -0.25) is 0 Å². The number of nitrogens with two attached hydrogens (primary N) is 1. The maximum absolute atomic E-state index is 10.8. The van der Waals surface area contributed by atoms with Crippen LogP contribution in [0.15, 0.2) is 0 Å². The van der Waals surface area contributed by atoms with Crippen LogP contribution in [0.2, 0.25) is 0 Å². The molecule has 62 valence electrons. The van der Waals surface area contributed by atoms with Crippen molar-refractivity contribution in [1.29, 1.82) is 0 Å². The summed E-state index contributed by atoms with van der Waals surface area (Å²) in [5.74, 6) is 0. The van der Waals surface area contributed by atoms with Gasteiger partial charge in [-0.25, -0.2) is 13.6 Å². The summed E-state index contributed by atoms with van der Waals surface area (Å²) in [7, 11) is -3.36. The zero-order chi connectivity index (χ0) is 8.41. The van der Waals surface area contributed by atoms with Crippen LogP contribution in [-0.4, -0.2) is 13.2 Å². The summed E-state index contributed by atoms with van der Waals surface area (Å²) < 4.78 is 20.9. The average Bonchev–Trinajstić information content (AvgIpc) is 1.61. The Bertz CT molecular complexity index is 194. The molecule has 0 aliphatic heterocycles. The topological polar surface area (TPSA) is 60.2 Å². The van der Waals surface area contributed by atoms with E-state index in [1.54, 1.807) is 13.8 Å². The fourth-order valence-electron chi connectivity index (χ4n) is 0.744. The van der Waals surface area contributed by atoms with E-state index in [0.717, 1.165) is 6.42 Å². The Morgan fingerprint density at radius 3 is 1.90 bits per heavy atom. The van der Waals surface area contributed by atoms with Gasteiger partial charge in [0.2, 0.25) is 10.0 Å². The molecule has 4 heteroatoms. The summed E-state index contributed by atoms with van der Waals surface area (Å²) in [6.45, 7) is 5.23. The second kappa shape index (κ2) is 2.88. The first-order chi connectivity index (χ1) is 4.31. The van der Waals surface area contributed by atoms with Gasteiger partial charge in [0, 0.05) is 0 Å². The van der Waals surface area contributed by atoms with Crippen molar-refractivity contribution in [2.75, 3.05) is 0 Å². The van der Waals surface area contributed by atoms with Crippen molar-refractivity contribution in [1.82, 2.24) is 0 Å². The van der Waals surface area contributed by atoms with Crippen molar-refractivity contribution in [2.45, 2.75) is 38.4 Å². The molecule has 0 saturated carbocycles. The molecule has 0 bridgehead atoms. The second-order valence-electron chi connectivity index (χ2n) is 3.05. The van der Waals surface area contributed by atoms with Gasteiger partial charge in [-0.2, -0.15) is 0 Å². The molecular formula is C6H15NO2S. The molecule has 0 radical (unpaired) electrons. The molecule has 0 aliphatic rings. The van der Waals surface area contributed by atoms with E-state index < -0.39 is 14.8 Å². The minimum absolute atomic E-state index is 0.617. The highest BCUT2D eigenvalue weighted by atomic mass is 32.2. The highest BCUT2D eigenvalue weighted by Gasteiger charge is 2.29. The normalized spacial score (nSPS) is 13.6. The summed E-state index contributed by atoms with van der Waals surface area (Å²) in [5, 5.41) is 4.97. The second-order valence-corrected chi connectivity index (χ2v) is 5.25. The zero-order valence-corrected chi connectivity index (χ0v) is 7.53. The predicted molar refractivity (Wildman–Crippen MR) is 42.1 cm³/mol. The maximum Gasteiger partial charge on any atom is 0.214 e. The SMILES string of the molecule is CCCC(C)(C)S(N)(=O)=O. The first kappa shape index (κ1) is 9.91. The molecule has 0 aromatic rings. The van der Waals surface area contributed by atoms with E-state index in [0.29, 0.717) is 6.42 Å². The molecule has 0 atom stereocenters. The Balaban J connectivity index is 4.42. The van der Waals surface area contributed by atoms with Crippen LogP contribution >= 0.6 is 0 Å². The first-order valence-electron chi connectivity index (χ1n) is 3.33. The molecule has 0 aromatic heterocycles. The van der Waals surface area contributed by atoms with Crippen molar-refractivity contribution in [3.8, 4) is 0 Å². The molecule has 0 unspecified atom stereocenters. The van der Waals surface area contributed by atoms with Gasteiger partial charge in [0.25, 0.3) is 0 Å². The van der Waals surface area contributed by atoms with Gasteiger partial charge in [0.1, 0.15) is 0 Å². The lowest BCUT2D eigenvalue weighted by Gasteiger charge is -2.20. The lowest BCUT2D eigenvalue weighted by Crippen LogP contribution is -2.37. The number of hydrogen-bond donors (Lipinski definition) is 1. The minimum Gasteiger partial charge on any atom is -0.228 e. The molecule has 0 rings (SSSR count). The Labute approximate surface area is 62.7 Å². The van der Waals surface area contributed by atoms with Gasteiger partial charge in [-0.1, -0.05) is 13.3 Å². The molecule has 2 N–H and O–H groups in total. The van der Waals surface area contributed by atoms with Crippen LogP contribution in [0, 0.1) is 0 Å². The van der Waals surface area contributed by atoms with Crippen LogP contribution in [-0.2, 0) is 10.0 Å². The smallest absolute Gasteiger partial charge is 0.214 e. The largest absolute Gasteiger partial charge is 0.228 e. The van der Waals surface area contributed by atoms with Gasteiger partial charge >= 0.3 is 0 Å². The third kappa shape index (κ3) is 2.27. The third-order valence-electron chi connectivity index (χ3n) is 1.62. The zero-order valence-electron chi connectivity index (χ0n) is 6.72. The van der Waals surface area contributed by atoms with Crippen molar-refractivity contribution in [3.63, 3.8) is 0 Å². The molecule has 0 heterocycles. The van der Waals surface area contributed by atoms with Gasteiger partial charge < -0.3 is 0 Å². The van der Waals surface area contributed by atoms with Crippen LogP contribution in [0.3, 0.4) is 0 Å². The van der Waals surface area contributed by atoms with E-state index in [9.17, 15) is 8.42 Å². The summed E-state index contributed by atoms with van der Waals surface area (Å²) in [4.78, 5) is 0. The maximum atomic E-state index is 10.8. The molecule has 3 nitrogen and oxygen atoms in total. The van der Waals surface area contributed by atoms with E-state index >= 15 is 0 Å². The fraction of sp³-hybridized carbons (Fsp3) is 1.00. The summed E-state index contributed by atoms with van der Waals surface area (Å²) in [6.07, 6.45) is 1.45. The Morgan fingerprint density at radius 2 is 1.80 bits per heavy atom. The van der Waals surface area contributed by atoms with E-state index in [1.807, 2.05) is 6.92 Å². The van der Waals surface area contributed by atoms with Gasteiger partial charge in [0.15, 0.2) is 0 Å². The number of primary sulfonamides is 1. The highest BCUT2D eigenvalue weighted by molar-refractivity contribution is 7.90. The summed E-state index contributed by atoms with van der Waals surface area (Å²) >= 11 is 0. The first-order valence-corrected chi connectivity index (χ1v) is 4.88. The quantitative estimate of drug-likeness (QED) is 0.674. The van der Waals surface area contributed by atoms with Crippen molar-refractivity contribution >= 4 is 10.0 Å². The lowest BCUT2D eigenvalue weighted by molar-refractivity contribution is 0.524. The molecule has 0 fully saturated rings. The van der Waals surface area contributed by atoms with E-state index in [1.165, 1.54) is 0 Å². The molecule has 0 spiro atoms. The molecule has 0 aromatic carbocycles. The Hall–Kier alpha value is -0.0900. The van der Waals surface area contributed by atoms with Crippen LogP contribution < -0.4 is 5.14 Å².